The van der Waals surface area contributed by atoms with Crippen LogP contribution in [0.3, 0.4) is 0 Å². The Morgan fingerprint density at radius 2 is 1.77 bits per heavy atom. The Kier molecular flexibility index (Phi) is 7.47. The first-order valence-electron chi connectivity index (χ1n) is 8.57. The van der Waals surface area contributed by atoms with E-state index in [0.29, 0.717) is 36.1 Å². The van der Waals surface area contributed by atoms with Crippen molar-refractivity contribution in [1.82, 2.24) is 5.32 Å². The average molecular weight is 376 g/mol. The highest BCUT2D eigenvalue weighted by molar-refractivity contribution is 7.18. The molecular weight excluding hydrogens is 352 g/mol. The lowest BCUT2D eigenvalue weighted by molar-refractivity contribution is -0.114. The molecule has 1 heterocycles. The third-order valence-corrected chi connectivity index (χ3v) is 4.44. The molecule has 2 N–H and O–H groups in total. The van der Waals surface area contributed by atoms with Crippen molar-refractivity contribution >= 4 is 28.2 Å². The normalized spacial score (nSPS) is 10.3. The van der Waals surface area contributed by atoms with Crippen LogP contribution in [0.15, 0.2) is 30.3 Å². The van der Waals surface area contributed by atoms with Crippen LogP contribution in [0.25, 0.3) is 0 Å². The maximum absolute atomic E-state index is 12.2. The van der Waals surface area contributed by atoms with E-state index in [-0.39, 0.29) is 11.8 Å². The van der Waals surface area contributed by atoms with E-state index < -0.39 is 0 Å². The van der Waals surface area contributed by atoms with Crippen molar-refractivity contribution in [2.75, 3.05) is 25.1 Å². The summed E-state index contributed by atoms with van der Waals surface area (Å²) >= 11 is 1.25. The summed E-state index contributed by atoms with van der Waals surface area (Å²) < 4.78 is 11.2. The third-order valence-electron chi connectivity index (χ3n) is 3.44. The summed E-state index contributed by atoms with van der Waals surface area (Å²) in [5.41, 5.74) is 1.06. The minimum atomic E-state index is -0.153. The van der Waals surface area contributed by atoms with Crippen LogP contribution in [0.4, 0.5) is 5.00 Å². The molecule has 0 radical (unpaired) electrons. The Morgan fingerprint density at radius 3 is 2.46 bits per heavy atom. The Morgan fingerprint density at radius 1 is 1.04 bits per heavy atom. The zero-order valence-corrected chi connectivity index (χ0v) is 16.1. The van der Waals surface area contributed by atoms with Gasteiger partial charge in [0.15, 0.2) is 11.5 Å². The first-order chi connectivity index (χ1) is 12.5. The van der Waals surface area contributed by atoms with Gasteiger partial charge in [-0.25, -0.2) is 0 Å². The Labute approximate surface area is 157 Å². The number of hydrogen-bond donors (Lipinski definition) is 2. The molecule has 0 aliphatic carbocycles. The zero-order chi connectivity index (χ0) is 18.9. The molecule has 0 unspecified atom stereocenters. The first-order valence-corrected chi connectivity index (χ1v) is 9.39. The summed E-state index contributed by atoms with van der Waals surface area (Å²) in [6, 6.07) is 9.24. The quantitative estimate of drug-likeness (QED) is 0.702. The first kappa shape index (κ1) is 19.8. The lowest BCUT2D eigenvalue weighted by atomic mass is 10.1. The van der Waals surface area contributed by atoms with Crippen molar-refractivity contribution in [2.45, 2.75) is 27.2 Å². The molecule has 0 saturated heterocycles. The molecule has 0 atom stereocenters. The maximum Gasteiger partial charge on any atom is 0.261 e. The molecule has 2 amide bonds. The monoisotopic (exact) mass is 376 g/mol. The highest BCUT2D eigenvalue weighted by Gasteiger charge is 2.10. The number of thiophene rings is 1. The predicted octanol–water partition coefficient (Wildman–Crippen LogP) is 3.48. The van der Waals surface area contributed by atoms with Gasteiger partial charge in [0.25, 0.3) is 5.91 Å². The van der Waals surface area contributed by atoms with Gasteiger partial charge >= 0.3 is 0 Å². The summed E-state index contributed by atoms with van der Waals surface area (Å²) in [6.07, 6.45) is 0.683. The van der Waals surface area contributed by atoms with Crippen LogP contribution in [0.5, 0.6) is 11.5 Å². The molecular formula is C19H24N2O4S. The second-order valence-corrected chi connectivity index (χ2v) is 6.58. The van der Waals surface area contributed by atoms with E-state index in [9.17, 15) is 9.59 Å². The number of hydrogen-bond acceptors (Lipinski definition) is 5. The molecule has 0 spiro atoms. The highest BCUT2D eigenvalue weighted by Crippen LogP contribution is 2.28. The molecule has 0 aliphatic heterocycles. The SMILES string of the molecule is CCOc1ccc(CCNC(=O)c2ccc(NC(C)=O)s2)cc1OCC. The molecule has 0 aliphatic rings. The van der Waals surface area contributed by atoms with Gasteiger partial charge in [0.2, 0.25) is 5.91 Å². The molecule has 1 aromatic carbocycles. The molecule has 0 bridgehead atoms. The van der Waals surface area contributed by atoms with Crippen molar-refractivity contribution in [2.24, 2.45) is 0 Å². The van der Waals surface area contributed by atoms with Crippen LogP contribution in [0.2, 0.25) is 0 Å². The van der Waals surface area contributed by atoms with Crippen molar-refractivity contribution in [1.29, 1.82) is 0 Å². The standard InChI is InChI=1S/C19H24N2O4S/c1-4-24-15-7-6-14(12-16(15)25-5-2)10-11-20-19(23)17-8-9-18(26-17)21-13(3)22/h6-9,12H,4-5,10-11H2,1-3H3,(H,20,23)(H,21,22). The van der Waals surface area contributed by atoms with E-state index >= 15 is 0 Å². The van der Waals surface area contributed by atoms with Crippen LogP contribution in [0.1, 0.15) is 36.0 Å². The summed E-state index contributed by atoms with van der Waals surface area (Å²) in [6.45, 7) is 6.95. The van der Waals surface area contributed by atoms with Gasteiger partial charge in [-0.3, -0.25) is 9.59 Å². The van der Waals surface area contributed by atoms with Gasteiger partial charge in [-0.05, 0) is 50.1 Å². The smallest absolute Gasteiger partial charge is 0.261 e. The van der Waals surface area contributed by atoms with Crippen molar-refractivity contribution in [3.05, 3.63) is 40.8 Å². The van der Waals surface area contributed by atoms with Crippen LogP contribution in [-0.2, 0) is 11.2 Å². The summed E-state index contributed by atoms with van der Waals surface area (Å²) in [5.74, 6) is 1.14. The lowest BCUT2D eigenvalue weighted by Crippen LogP contribution is -2.24. The van der Waals surface area contributed by atoms with Crippen molar-refractivity contribution in [3.63, 3.8) is 0 Å². The number of nitrogens with one attached hydrogen (secondary N) is 2. The van der Waals surface area contributed by atoms with Crippen LogP contribution in [0, 0.1) is 0 Å². The largest absolute Gasteiger partial charge is 0.490 e. The fourth-order valence-electron chi connectivity index (χ4n) is 2.36. The highest BCUT2D eigenvalue weighted by atomic mass is 32.1. The number of ether oxygens (including phenoxy) is 2. The van der Waals surface area contributed by atoms with Gasteiger partial charge in [0, 0.05) is 13.5 Å². The number of benzene rings is 1. The van der Waals surface area contributed by atoms with E-state index in [0.717, 1.165) is 17.1 Å². The topological polar surface area (TPSA) is 76.7 Å². The second-order valence-electron chi connectivity index (χ2n) is 5.50. The minimum absolute atomic E-state index is 0.150. The average Bonchev–Trinajstić information content (AvgIpc) is 3.05. The second kappa shape index (κ2) is 9.82. The van der Waals surface area contributed by atoms with E-state index in [1.807, 2.05) is 32.0 Å². The number of carbonyl (C=O) groups excluding carboxylic acids is 2. The number of amides is 2. The van der Waals surface area contributed by atoms with Gasteiger partial charge in [-0.2, -0.15) is 0 Å². The fourth-order valence-corrected chi connectivity index (χ4v) is 3.23. The predicted molar refractivity (Wildman–Crippen MR) is 103 cm³/mol. The molecule has 2 aromatic rings. The van der Waals surface area contributed by atoms with Crippen LogP contribution in [-0.4, -0.2) is 31.6 Å². The number of carbonyl (C=O) groups is 2. The molecule has 1 aromatic heterocycles. The number of anilines is 1. The Bertz CT molecular complexity index is 758. The summed E-state index contributed by atoms with van der Waals surface area (Å²) in [7, 11) is 0. The molecule has 0 saturated carbocycles. The molecule has 7 heteroatoms. The Hall–Kier alpha value is -2.54. The molecule has 26 heavy (non-hydrogen) atoms. The third kappa shape index (κ3) is 5.77. The molecule has 6 nitrogen and oxygen atoms in total. The summed E-state index contributed by atoms with van der Waals surface area (Å²) in [4.78, 5) is 23.8. The van der Waals surface area contributed by atoms with Gasteiger partial charge in [0.05, 0.1) is 23.1 Å². The fraction of sp³-hybridized carbons (Fsp3) is 0.368. The minimum Gasteiger partial charge on any atom is -0.490 e. The lowest BCUT2D eigenvalue weighted by Gasteiger charge is -2.12. The van der Waals surface area contributed by atoms with Gasteiger partial charge in [-0.1, -0.05) is 6.07 Å². The maximum atomic E-state index is 12.2. The van der Waals surface area contributed by atoms with E-state index in [1.165, 1.54) is 18.3 Å². The number of rotatable bonds is 9. The zero-order valence-electron chi connectivity index (χ0n) is 15.3. The molecule has 0 fully saturated rings. The van der Waals surface area contributed by atoms with Gasteiger partial charge in [-0.15, -0.1) is 11.3 Å². The summed E-state index contributed by atoms with van der Waals surface area (Å²) in [5, 5.41) is 6.22. The van der Waals surface area contributed by atoms with Crippen molar-refractivity contribution in [3.8, 4) is 11.5 Å². The van der Waals surface area contributed by atoms with E-state index in [1.54, 1.807) is 12.1 Å². The van der Waals surface area contributed by atoms with E-state index in [4.69, 9.17) is 9.47 Å². The van der Waals surface area contributed by atoms with E-state index in [2.05, 4.69) is 10.6 Å². The van der Waals surface area contributed by atoms with Crippen LogP contribution < -0.4 is 20.1 Å². The Balaban J connectivity index is 1.90. The van der Waals surface area contributed by atoms with Crippen molar-refractivity contribution < 1.29 is 19.1 Å². The van der Waals surface area contributed by atoms with Crippen LogP contribution >= 0.6 is 11.3 Å². The van der Waals surface area contributed by atoms with Gasteiger partial charge in [0.1, 0.15) is 0 Å². The van der Waals surface area contributed by atoms with Gasteiger partial charge < -0.3 is 20.1 Å². The molecule has 2 rings (SSSR count). The molecule has 140 valence electrons.